The lowest BCUT2D eigenvalue weighted by Crippen LogP contribution is -2.31. The van der Waals surface area contributed by atoms with Crippen molar-refractivity contribution in [2.45, 2.75) is 25.5 Å². The van der Waals surface area contributed by atoms with E-state index in [1.54, 1.807) is 0 Å². The average Bonchev–Trinajstić information content (AvgIpc) is 2.20. The number of benzene rings is 1. The Balaban J connectivity index is 2.77. The van der Waals surface area contributed by atoms with Gasteiger partial charge in [0.25, 0.3) is 0 Å². The van der Waals surface area contributed by atoms with Crippen LogP contribution in [0.1, 0.15) is 25.0 Å². The minimum atomic E-state index is -0.432. The van der Waals surface area contributed by atoms with Gasteiger partial charge in [0.05, 0.1) is 6.10 Å². The first kappa shape index (κ1) is 11.7. The summed E-state index contributed by atoms with van der Waals surface area (Å²) in [6.45, 7) is 2.06. The van der Waals surface area contributed by atoms with Crippen LogP contribution in [0.15, 0.2) is 28.7 Å². The number of hydrogen-bond acceptors (Lipinski definition) is 2. The van der Waals surface area contributed by atoms with E-state index in [9.17, 15) is 5.11 Å². The number of aliphatic hydroxyl groups is 1. The summed E-state index contributed by atoms with van der Waals surface area (Å²) >= 11 is 3.37. The van der Waals surface area contributed by atoms with Crippen molar-refractivity contribution in [2.24, 2.45) is 0 Å². The van der Waals surface area contributed by atoms with Crippen molar-refractivity contribution in [3.63, 3.8) is 0 Å². The summed E-state index contributed by atoms with van der Waals surface area (Å²) in [7, 11) is 1.87. The van der Waals surface area contributed by atoms with Crippen molar-refractivity contribution in [3.05, 3.63) is 34.3 Å². The molecule has 14 heavy (non-hydrogen) atoms. The number of aliphatic hydroxyl groups excluding tert-OH is 1. The van der Waals surface area contributed by atoms with E-state index >= 15 is 0 Å². The quantitative estimate of drug-likeness (QED) is 0.869. The molecule has 2 nitrogen and oxygen atoms in total. The van der Waals surface area contributed by atoms with Gasteiger partial charge in [-0.15, -0.1) is 0 Å². The van der Waals surface area contributed by atoms with E-state index in [-0.39, 0.29) is 6.04 Å². The van der Waals surface area contributed by atoms with E-state index in [2.05, 4.69) is 28.2 Å². The Hall–Kier alpha value is -0.380. The Kier molecular flexibility index (Phi) is 4.58. The molecule has 0 radical (unpaired) electrons. The molecule has 78 valence electrons. The van der Waals surface area contributed by atoms with Gasteiger partial charge in [0.1, 0.15) is 0 Å². The first-order chi connectivity index (χ1) is 6.69. The van der Waals surface area contributed by atoms with Crippen LogP contribution in [-0.4, -0.2) is 18.2 Å². The fraction of sp³-hybridized carbons (Fsp3) is 0.455. The van der Waals surface area contributed by atoms with Crippen LogP contribution in [0.4, 0.5) is 0 Å². The smallest absolute Gasteiger partial charge is 0.0942 e. The van der Waals surface area contributed by atoms with Crippen LogP contribution in [0.3, 0.4) is 0 Å². The number of halogens is 1. The van der Waals surface area contributed by atoms with Gasteiger partial charge in [-0.2, -0.15) is 0 Å². The van der Waals surface area contributed by atoms with Crippen LogP contribution >= 0.6 is 15.9 Å². The summed E-state index contributed by atoms with van der Waals surface area (Å²) in [5.74, 6) is 0. The maximum absolute atomic E-state index is 9.99. The maximum Gasteiger partial charge on any atom is 0.0942 e. The Morgan fingerprint density at radius 1 is 1.36 bits per heavy atom. The number of rotatable bonds is 4. The van der Waals surface area contributed by atoms with Crippen LogP contribution in [0, 0.1) is 0 Å². The van der Waals surface area contributed by atoms with E-state index in [4.69, 9.17) is 0 Å². The second-order valence-electron chi connectivity index (χ2n) is 3.30. The fourth-order valence-corrected chi connectivity index (χ4v) is 1.74. The number of nitrogens with one attached hydrogen (secondary N) is 1. The molecule has 0 aliphatic heterocycles. The second kappa shape index (κ2) is 5.49. The van der Waals surface area contributed by atoms with Gasteiger partial charge >= 0.3 is 0 Å². The van der Waals surface area contributed by atoms with Crippen LogP contribution in [0.25, 0.3) is 0 Å². The fourth-order valence-electron chi connectivity index (χ4n) is 1.48. The zero-order chi connectivity index (χ0) is 10.6. The van der Waals surface area contributed by atoms with Crippen molar-refractivity contribution in [2.75, 3.05) is 7.05 Å². The molecule has 1 rings (SSSR count). The topological polar surface area (TPSA) is 32.3 Å². The largest absolute Gasteiger partial charge is 0.387 e. The third kappa shape index (κ3) is 2.80. The zero-order valence-electron chi connectivity index (χ0n) is 8.50. The summed E-state index contributed by atoms with van der Waals surface area (Å²) in [5.41, 5.74) is 0.953. The summed E-state index contributed by atoms with van der Waals surface area (Å²) in [5, 5.41) is 13.1. The van der Waals surface area contributed by atoms with Crippen molar-refractivity contribution in [3.8, 4) is 0 Å². The molecule has 1 aromatic rings. The van der Waals surface area contributed by atoms with Gasteiger partial charge < -0.3 is 10.4 Å². The Morgan fingerprint density at radius 3 is 2.36 bits per heavy atom. The second-order valence-corrected chi connectivity index (χ2v) is 4.22. The van der Waals surface area contributed by atoms with E-state index < -0.39 is 6.10 Å². The molecule has 2 unspecified atom stereocenters. The lowest BCUT2D eigenvalue weighted by atomic mass is 10.0. The lowest BCUT2D eigenvalue weighted by molar-refractivity contribution is 0.130. The Bertz CT molecular complexity index is 269. The molecule has 0 bridgehead atoms. The van der Waals surface area contributed by atoms with Gasteiger partial charge in [-0.3, -0.25) is 0 Å². The maximum atomic E-state index is 9.99. The summed E-state index contributed by atoms with van der Waals surface area (Å²) in [4.78, 5) is 0. The van der Waals surface area contributed by atoms with Crippen LogP contribution in [0.5, 0.6) is 0 Å². The van der Waals surface area contributed by atoms with Gasteiger partial charge in [-0.1, -0.05) is 35.0 Å². The minimum absolute atomic E-state index is 0.121. The van der Waals surface area contributed by atoms with Crippen molar-refractivity contribution in [1.29, 1.82) is 0 Å². The third-order valence-corrected chi connectivity index (χ3v) is 2.93. The van der Waals surface area contributed by atoms with Crippen LogP contribution < -0.4 is 5.32 Å². The van der Waals surface area contributed by atoms with Gasteiger partial charge in [0.2, 0.25) is 0 Å². The molecule has 3 heteroatoms. The van der Waals surface area contributed by atoms with Crippen LogP contribution in [-0.2, 0) is 0 Å². The minimum Gasteiger partial charge on any atom is -0.387 e. The highest BCUT2D eigenvalue weighted by atomic mass is 79.9. The van der Waals surface area contributed by atoms with Crippen molar-refractivity contribution >= 4 is 15.9 Å². The molecule has 0 heterocycles. The molecular weight excluding hydrogens is 242 g/mol. The number of hydrogen-bond donors (Lipinski definition) is 2. The predicted molar refractivity (Wildman–Crippen MR) is 62.2 cm³/mol. The van der Waals surface area contributed by atoms with E-state index in [0.29, 0.717) is 0 Å². The highest BCUT2D eigenvalue weighted by Gasteiger charge is 2.16. The highest BCUT2D eigenvalue weighted by molar-refractivity contribution is 9.10. The third-order valence-electron chi connectivity index (χ3n) is 2.40. The molecule has 0 aromatic heterocycles. The predicted octanol–water partition coefficient (Wildman–Crippen LogP) is 2.48. The van der Waals surface area contributed by atoms with Gasteiger partial charge in [0, 0.05) is 10.5 Å². The molecule has 2 atom stereocenters. The Morgan fingerprint density at radius 2 is 1.93 bits per heavy atom. The molecule has 2 N–H and O–H groups in total. The summed E-state index contributed by atoms with van der Waals surface area (Å²) in [6.07, 6.45) is 0.478. The molecule has 1 aromatic carbocycles. The summed E-state index contributed by atoms with van der Waals surface area (Å²) in [6, 6.07) is 7.89. The molecule has 0 saturated heterocycles. The monoisotopic (exact) mass is 257 g/mol. The van der Waals surface area contributed by atoms with Crippen molar-refractivity contribution in [1.82, 2.24) is 5.32 Å². The van der Waals surface area contributed by atoms with Crippen LogP contribution in [0.2, 0.25) is 0 Å². The zero-order valence-corrected chi connectivity index (χ0v) is 10.1. The first-order valence-corrected chi connectivity index (χ1v) is 5.59. The molecule has 0 aliphatic rings. The molecular formula is C11H16BrNO. The standard InChI is InChI=1S/C11H16BrNO/c1-3-10(13-2)11(14)8-4-6-9(12)7-5-8/h4-7,10-11,13-14H,3H2,1-2H3. The number of likely N-dealkylation sites (N-methyl/N-ethyl adjacent to an activating group) is 1. The normalized spacial score (nSPS) is 15.1. The van der Waals surface area contributed by atoms with E-state index in [0.717, 1.165) is 16.5 Å². The molecule has 0 spiro atoms. The highest BCUT2D eigenvalue weighted by Crippen LogP contribution is 2.20. The van der Waals surface area contributed by atoms with E-state index in [1.165, 1.54) is 0 Å². The van der Waals surface area contributed by atoms with Gasteiger partial charge in [0.15, 0.2) is 0 Å². The van der Waals surface area contributed by atoms with Gasteiger partial charge in [-0.25, -0.2) is 0 Å². The average molecular weight is 258 g/mol. The van der Waals surface area contributed by atoms with Crippen molar-refractivity contribution < 1.29 is 5.11 Å². The summed E-state index contributed by atoms with van der Waals surface area (Å²) < 4.78 is 1.03. The molecule has 0 aliphatic carbocycles. The lowest BCUT2D eigenvalue weighted by Gasteiger charge is -2.21. The van der Waals surface area contributed by atoms with Gasteiger partial charge in [-0.05, 0) is 31.2 Å². The SMILES string of the molecule is CCC(NC)C(O)c1ccc(Br)cc1. The molecule has 0 amide bonds. The molecule has 0 saturated carbocycles. The van der Waals surface area contributed by atoms with E-state index in [1.807, 2.05) is 31.3 Å². The molecule has 0 fully saturated rings. The first-order valence-electron chi connectivity index (χ1n) is 4.79. The Labute approximate surface area is 93.5 Å².